The Morgan fingerprint density at radius 3 is 2.30 bits per heavy atom. The summed E-state index contributed by atoms with van der Waals surface area (Å²) < 4.78 is 81.7. The standard InChI is InChI=1S/C19H17F6NO3S/c20-13-5-7-14(8-6-13)26(11-19(23,24)25)15(17(27)28)10-30-9-12-3-1-2-4-16(12)29-18(21)22/h1-8,15,18H,9-11H2,(H,27,28)/t15-/m0/s1. The van der Waals surface area contributed by atoms with Gasteiger partial charge in [0.05, 0.1) is 0 Å². The fourth-order valence-electron chi connectivity index (χ4n) is 2.62. The Morgan fingerprint density at radius 2 is 1.73 bits per heavy atom. The summed E-state index contributed by atoms with van der Waals surface area (Å²) in [6.45, 7) is -4.61. The molecule has 0 saturated carbocycles. The summed E-state index contributed by atoms with van der Waals surface area (Å²) in [5.41, 5.74) is 0.235. The van der Waals surface area contributed by atoms with Gasteiger partial charge in [-0.1, -0.05) is 18.2 Å². The molecule has 0 bridgehead atoms. The lowest BCUT2D eigenvalue weighted by Crippen LogP contribution is -2.47. The van der Waals surface area contributed by atoms with E-state index in [0.29, 0.717) is 10.5 Å². The molecule has 0 heterocycles. The van der Waals surface area contributed by atoms with Gasteiger partial charge in [0.1, 0.15) is 24.2 Å². The molecule has 1 atom stereocenters. The topological polar surface area (TPSA) is 49.8 Å². The zero-order valence-corrected chi connectivity index (χ0v) is 16.1. The first-order chi connectivity index (χ1) is 14.1. The molecule has 11 heteroatoms. The van der Waals surface area contributed by atoms with Crippen molar-refractivity contribution in [3.8, 4) is 5.75 Å². The number of carboxylic acid groups (broad SMARTS) is 1. The molecule has 164 valence electrons. The molecule has 0 saturated heterocycles. The van der Waals surface area contributed by atoms with E-state index in [1.807, 2.05) is 0 Å². The Balaban J connectivity index is 2.18. The molecule has 30 heavy (non-hydrogen) atoms. The van der Waals surface area contributed by atoms with E-state index in [-0.39, 0.29) is 22.9 Å². The lowest BCUT2D eigenvalue weighted by molar-refractivity contribution is -0.140. The number of aliphatic carboxylic acids is 1. The Kier molecular flexibility index (Phi) is 8.27. The highest BCUT2D eigenvalue weighted by atomic mass is 32.2. The van der Waals surface area contributed by atoms with Crippen LogP contribution in [0.5, 0.6) is 5.75 Å². The van der Waals surface area contributed by atoms with Crippen molar-refractivity contribution in [1.29, 1.82) is 0 Å². The van der Waals surface area contributed by atoms with E-state index in [1.54, 1.807) is 6.07 Å². The summed E-state index contributed by atoms with van der Waals surface area (Å²) >= 11 is 0.947. The van der Waals surface area contributed by atoms with Gasteiger partial charge in [0.2, 0.25) is 0 Å². The highest BCUT2D eigenvalue weighted by Crippen LogP contribution is 2.29. The van der Waals surface area contributed by atoms with E-state index < -0.39 is 37.2 Å². The number of rotatable bonds is 10. The lowest BCUT2D eigenvalue weighted by atomic mass is 10.2. The normalized spacial score (nSPS) is 12.6. The third-order valence-electron chi connectivity index (χ3n) is 3.89. The Morgan fingerprint density at radius 1 is 1.10 bits per heavy atom. The van der Waals surface area contributed by atoms with Crippen molar-refractivity contribution in [2.45, 2.75) is 24.6 Å². The van der Waals surface area contributed by atoms with Crippen LogP contribution in [0.15, 0.2) is 48.5 Å². The number of para-hydroxylation sites is 1. The summed E-state index contributed by atoms with van der Waals surface area (Å²) in [5.74, 6) is -2.53. The van der Waals surface area contributed by atoms with Crippen LogP contribution in [-0.4, -0.2) is 42.2 Å². The van der Waals surface area contributed by atoms with Gasteiger partial charge < -0.3 is 14.7 Å². The molecular weight excluding hydrogens is 436 g/mol. The second-order valence-corrected chi connectivity index (χ2v) is 7.11. The number of carboxylic acids is 1. The average molecular weight is 453 g/mol. The molecule has 1 N–H and O–H groups in total. The van der Waals surface area contributed by atoms with Crippen LogP contribution < -0.4 is 9.64 Å². The molecule has 4 nitrogen and oxygen atoms in total. The molecular formula is C19H17F6NO3S. The van der Waals surface area contributed by atoms with Gasteiger partial charge in [-0.25, -0.2) is 9.18 Å². The summed E-state index contributed by atoms with van der Waals surface area (Å²) in [6.07, 6.45) is -4.70. The Hall–Kier alpha value is -2.56. The highest BCUT2D eigenvalue weighted by Gasteiger charge is 2.36. The molecule has 2 aromatic rings. The number of ether oxygens (including phenoxy) is 1. The predicted octanol–water partition coefficient (Wildman–Crippen LogP) is 5.18. The van der Waals surface area contributed by atoms with Gasteiger partial charge in [0.25, 0.3) is 0 Å². The maximum atomic E-state index is 13.1. The number of benzene rings is 2. The van der Waals surface area contributed by atoms with Gasteiger partial charge >= 0.3 is 18.8 Å². The van der Waals surface area contributed by atoms with Crippen LogP contribution in [0.2, 0.25) is 0 Å². The molecule has 0 aliphatic rings. The molecule has 0 fully saturated rings. The van der Waals surface area contributed by atoms with Crippen molar-refractivity contribution >= 4 is 23.4 Å². The van der Waals surface area contributed by atoms with Gasteiger partial charge in [0.15, 0.2) is 0 Å². The van der Waals surface area contributed by atoms with E-state index >= 15 is 0 Å². The largest absolute Gasteiger partial charge is 0.480 e. The number of halogens is 6. The van der Waals surface area contributed by atoms with Gasteiger partial charge in [-0.15, -0.1) is 0 Å². The zero-order valence-electron chi connectivity index (χ0n) is 15.3. The SMILES string of the molecule is O=C(O)[C@H](CSCc1ccccc1OC(F)F)N(CC(F)(F)F)c1ccc(F)cc1. The van der Waals surface area contributed by atoms with Crippen LogP contribution >= 0.6 is 11.8 Å². The van der Waals surface area contributed by atoms with Crippen LogP contribution in [-0.2, 0) is 10.5 Å². The molecule has 0 unspecified atom stereocenters. The summed E-state index contributed by atoms with van der Waals surface area (Å²) in [7, 11) is 0. The van der Waals surface area contributed by atoms with Crippen LogP contribution in [0.1, 0.15) is 5.56 Å². The van der Waals surface area contributed by atoms with Crippen molar-refractivity contribution < 1.29 is 41.0 Å². The average Bonchev–Trinajstić information content (AvgIpc) is 2.64. The van der Waals surface area contributed by atoms with E-state index in [9.17, 15) is 36.2 Å². The second-order valence-electron chi connectivity index (χ2n) is 6.07. The van der Waals surface area contributed by atoms with Crippen molar-refractivity contribution in [2.24, 2.45) is 0 Å². The van der Waals surface area contributed by atoms with Gasteiger partial charge in [-0.3, -0.25) is 0 Å². The minimum absolute atomic E-state index is 0.0376. The third kappa shape index (κ3) is 7.36. The first kappa shape index (κ1) is 23.7. The fourth-order valence-corrected chi connectivity index (χ4v) is 3.74. The number of thioether (sulfide) groups is 1. The minimum Gasteiger partial charge on any atom is -0.480 e. The number of nitrogens with zero attached hydrogens (tertiary/aromatic N) is 1. The van der Waals surface area contributed by atoms with Gasteiger partial charge in [0, 0.05) is 22.8 Å². The number of anilines is 1. The third-order valence-corrected chi connectivity index (χ3v) is 4.96. The van der Waals surface area contributed by atoms with E-state index in [2.05, 4.69) is 4.74 Å². The lowest BCUT2D eigenvalue weighted by Gasteiger charge is -2.31. The number of alkyl halides is 5. The van der Waals surface area contributed by atoms with Crippen LogP contribution in [0.25, 0.3) is 0 Å². The van der Waals surface area contributed by atoms with Crippen molar-refractivity contribution in [3.63, 3.8) is 0 Å². The monoisotopic (exact) mass is 453 g/mol. The van der Waals surface area contributed by atoms with Gasteiger partial charge in [-0.2, -0.15) is 33.7 Å². The molecule has 0 aliphatic heterocycles. The molecule has 2 aromatic carbocycles. The number of hydrogen-bond acceptors (Lipinski definition) is 4. The Bertz CT molecular complexity index is 832. The maximum absolute atomic E-state index is 13.1. The quantitative estimate of drug-likeness (QED) is 0.503. The molecule has 0 amide bonds. The molecule has 0 aliphatic carbocycles. The zero-order chi connectivity index (χ0) is 22.3. The summed E-state index contributed by atoms with van der Waals surface area (Å²) in [4.78, 5) is 12.3. The van der Waals surface area contributed by atoms with Crippen molar-refractivity contribution in [3.05, 3.63) is 59.9 Å². The molecule has 0 aromatic heterocycles. The van der Waals surface area contributed by atoms with Crippen LogP contribution in [0, 0.1) is 5.82 Å². The Labute approximate surface area is 172 Å². The molecule has 2 rings (SSSR count). The predicted molar refractivity (Wildman–Crippen MR) is 100 cm³/mol. The summed E-state index contributed by atoms with van der Waals surface area (Å²) in [5, 5.41) is 9.51. The smallest absolute Gasteiger partial charge is 0.405 e. The van der Waals surface area contributed by atoms with Crippen LogP contribution in [0.3, 0.4) is 0 Å². The number of hydrogen-bond donors (Lipinski definition) is 1. The van der Waals surface area contributed by atoms with E-state index in [4.69, 9.17) is 0 Å². The number of carbonyl (C=O) groups is 1. The first-order valence-electron chi connectivity index (χ1n) is 8.49. The highest BCUT2D eigenvalue weighted by molar-refractivity contribution is 7.98. The van der Waals surface area contributed by atoms with E-state index in [0.717, 1.165) is 36.0 Å². The van der Waals surface area contributed by atoms with E-state index in [1.165, 1.54) is 18.2 Å². The minimum atomic E-state index is -4.70. The second kappa shape index (κ2) is 10.5. The van der Waals surface area contributed by atoms with Crippen molar-refractivity contribution in [1.82, 2.24) is 0 Å². The fraction of sp³-hybridized carbons (Fsp3) is 0.316. The summed E-state index contributed by atoms with van der Waals surface area (Å²) in [6, 6.07) is 8.25. The van der Waals surface area contributed by atoms with Crippen molar-refractivity contribution in [2.75, 3.05) is 17.2 Å². The first-order valence-corrected chi connectivity index (χ1v) is 9.64. The van der Waals surface area contributed by atoms with Gasteiger partial charge in [-0.05, 0) is 30.3 Å². The molecule has 0 radical (unpaired) electrons. The molecule has 0 spiro atoms. The van der Waals surface area contributed by atoms with Crippen LogP contribution in [0.4, 0.5) is 32.0 Å². The maximum Gasteiger partial charge on any atom is 0.405 e.